The van der Waals surface area contributed by atoms with Crippen LogP contribution in [0.4, 0.5) is 34.5 Å². The number of hydrogen-bond donors (Lipinski definition) is 4. The molecule has 0 saturated carbocycles. The first-order valence-electron chi connectivity index (χ1n) is 18.7. The van der Waals surface area contributed by atoms with Gasteiger partial charge in [-0.3, -0.25) is 19.2 Å². The number of carbonyl (C=O) groups excluding carboxylic acids is 2. The fourth-order valence-corrected chi connectivity index (χ4v) is 7.64. The fourth-order valence-electron chi connectivity index (χ4n) is 6.98. The number of amides is 2. The van der Waals surface area contributed by atoms with E-state index >= 15 is 0 Å². The van der Waals surface area contributed by atoms with E-state index in [1.807, 2.05) is 24.3 Å². The molecule has 1 aromatic heterocycles. The van der Waals surface area contributed by atoms with Gasteiger partial charge in [0.1, 0.15) is 10.8 Å². The van der Waals surface area contributed by atoms with Crippen LogP contribution < -0.4 is 35.2 Å². The number of nitrogens with one attached hydrogen (secondary N) is 4. The number of piperidine rings is 2. The van der Waals surface area contributed by atoms with Gasteiger partial charge in [-0.05, 0) is 80.5 Å². The van der Waals surface area contributed by atoms with Gasteiger partial charge in [-0.25, -0.2) is 13.4 Å². The van der Waals surface area contributed by atoms with E-state index in [2.05, 4.69) is 54.3 Å². The lowest BCUT2D eigenvalue weighted by Gasteiger charge is -2.34. The highest BCUT2D eigenvalue weighted by Crippen LogP contribution is 2.35. The third-order valence-electron chi connectivity index (χ3n) is 10.2. The average molecular weight is 789 g/mol. The van der Waals surface area contributed by atoms with E-state index in [1.165, 1.54) is 23.1 Å². The van der Waals surface area contributed by atoms with Crippen LogP contribution in [0.15, 0.2) is 72.9 Å². The molecule has 0 bridgehead atoms. The molecule has 2 amide bonds. The number of ether oxygens (including phenoxy) is 1. The Kier molecular flexibility index (Phi) is 13.1. The number of carbonyl (C=O) groups is 2. The minimum absolute atomic E-state index is 0.183. The topological polar surface area (TPSA) is 158 Å². The summed E-state index contributed by atoms with van der Waals surface area (Å²) in [5, 5.41) is 12.9. The van der Waals surface area contributed by atoms with Crippen molar-refractivity contribution in [3.05, 3.63) is 89.1 Å². The van der Waals surface area contributed by atoms with Gasteiger partial charge in [-0.1, -0.05) is 54.4 Å². The Morgan fingerprint density at radius 2 is 1.73 bits per heavy atom. The van der Waals surface area contributed by atoms with Gasteiger partial charge < -0.3 is 25.6 Å². The molecule has 6 rings (SSSR count). The molecular formula is C40H49ClN8O5S. The van der Waals surface area contributed by atoms with Crippen LogP contribution >= 0.6 is 11.6 Å². The second-order valence-corrected chi connectivity index (χ2v) is 16.5. The van der Waals surface area contributed by atoms with Crippen molar-refractivity contribution >= 4 is 68.0 Å². The number of benzene rings is 3. The van der Waals surface area contributed by atoms with Crippen molar-refractivity contribution in [3.63, 3.8) is 0 Å². The first kappa shape index (κ1) is 39.8. The zero-order valence-corrected chi connectivity index (χ0v) is 33.0. The molecule has 292 valence electrons. The van der Waals surface area contributed by atoms with E-state index in [0.29, 0.717) is 53.5 Å². The van der Waals surface area contributed by atoms with Crippen molar-refractivity contribution in [2.75, 3.05) is 59.9 Å². The smallest absolute Gasteiger partial charge is 0.234 e. The second-order valence-electron chi connectivity index (χ2n) is 14.0. The molecule has 2 fully saturated rings. The zero-order valence-electron chi connectivity index (χ0n) is 31.5. The molecule has 2 aliphatic rings. The van der Waals surface area contributed by atoms with E-state index in [4.69, 9.17) is 16.3 Å². The van der Waals surface area contributed by atoms with Gasteiger partial charge in [0.25, 0.3) is 0 Å². The summed E-state index contributed by atoms with van der Waals surface area (Å²) < 4.78 is 31.4. The number of methoxy groups -OCH3 is 1. The average Bonchev–Trinajstić information content (AvgIpc) is 3.18. The first-order valence-corrected chi connectivity index (χ1v) is 20.9. The van der Waals surface area contributed by atoms with Crippen LogP contribution in [0.25, 0.3) is 0 Å². The maximum Gasteiger partial charge on any atom is 0.234 e. The molecule has 1 atom stereocenters. The Labute approximate surface area is 328 Å². The van der Waals surface area contributed by atoms with Gasteiger partial charge in [0.15, 0.2) is 5.82 Å². The molecule has 2 saturated heterocycles. The molecule has 0 radical (unpaired) electrons. The number of sulfonamides is 1. The van der Waals surface area contributed by atoms with Crippen molar-refractivity contribution in [2.24, 2.45) is 0 Å². The van der Waals surface area contributed by atoms with E-state index in [-0.39, 0.29) is 22.8 Å². The van der Waals surface area contributed by atoms with Crippen molar-refractivity contribution in [2.45, 2.75) is 63.3 Å². The Bertz CT molecular complexity index is 2080. The molecule has 4 N–H and O–H groups in total. The summed E-state index contributed by atoms with van der Waals surface area (Å²) in [7, 11) is -0.371. The predicted molar refractivity (Wildman–Crippen MR) is 219 cm³/mol. The van der Waals surface area contributed by atoms with Crippen LogP contribution in [0.5, 0.6) is 5.75 Å². The highest BCUT2D eigenvalue weighted by atomic mass is 35.5. The summed E-state index contributed by atoms with van der Waals surface area (Å²) in [5.41, 5.74) is 5.00. The van der Waals surface area contributed by atoms with E-state index in [1.54, 1.807) is 31.4 Å². The summed E-state index contributed by atoms with van der Waals surface area (Å²) in [6, 6.07) is 21.8. The minimum atomic E-state index is -3.49. The second kappa shape index (κ2) is 18.1. The summed E-state index contributed by atoms with van der Waals surface area (Å²) >= 11 is 6.45. The fraction of sp³-hybridized carbons (Fsp3) is 0.400. The molecule has 13 nitrogen and oxygen atoms in total. The summed E-state index contributed by atoms with van der Waals surface area (Å²) in [4.78, 5) is 34.9. The van der Waals surface area contributed by atoms with Crippen LogP contribution in [0.1, 0.15) is 62.0 Å². The van der Waals surface area contributed by atoms with Gasteiger partial charge in [0.2, 0.25) is 27.8 Å². The monoisotopic (exact) mass is 788 g/mol. The van der Waals surface area contributed by atoms with E-state index in [0.717, 1.165) is 75.7 Å². The number of rotatable bonds is 16. The van der Waals surface area contributed by atoms with Gasteiger partial charge >= 0.3 is 0 Å². The number of nitrogens with zero attached hydrogens (tertiary/aromatic N) is 4. The van der Waals surface area contributed by atoms with Gasteiger partial charge in [0.05, 0.1) is 42.5 Å². The molecule has 4 aromatic rings. The largest absolute Gasteiger partial charge is 0.494 e. The lowest BCUT2D eigenvalue weighted by molar-refractivity contribution is -0.134. The standard InChI is InChI=1S/C40H49ClN8O5S/c1-48(55(3,52)53)35-11-7-6-10-33(35)44-38-32(41)26-43-40(47-38)45-34-18-16-30(25-36(34)54-2)49-23-20-29(21-24-49)42-22-8-4-5-9-27-12-14-28(15-13-27)31-17-19-37(50)46-39(31)51/h6-7,10-16,18,25-26,29,31,42H,4-5,8-9,17,19-24H2,1-3H3,(H,46,50,51)(H2,43,44,45,47). The third-order valence-corrected chi connectivity index (χ3v) is 11.7. The first-order chi connectivity index (χ1) is 26.5. The lowest BCUT2D eigenvalue weighted by atomic mass is 9.90. The van der Waals surface area contributed by atoms with Crippen molar-refractivity contribution < 1.29 is 22.7 Å². The maximum absolute atomic E-state index is 12.2. The van der Waals surface area contributed by atoms with E-state index in [9.17, 15) is 18.0 Å². The van der Waals surface area contributed by atoms with Crippen molar-refractivity contribution in [1.82, 2.24) is 20.6 Å². The molecule has 3 heterocycles. The van der Waals surface area contributed by atoms with Crippen LogP contribution in [-0.4, -0.2) is 76.3 Å². The summed E-state index contributed by atoms with van der Waals surface area (Å²) in [5.74, 6) is 0.650. The SMILES string of the molecule is COc1cc(N2CCC(NCCCCCc3ccc(C4CCC(=O)NC4=O)cc3)CC2)ccc1Nc1ncc(Cl)c(Nc2ccccc2N(C)S(C)(=O)=O)n1. The number of hydrogen-bond acceptors (Lipinski definition) is 11. The van der Waals surface area contributed by atoms with Gasteiger partial charge in [-0.15, -0.1) is 0 Å². The molecule has 2 aliphatic heterocycles. The van der Waals surface area contributed by atoms with Crippen LogP contribution in [0.3, 0.4) is 0 Å². The number of imide groups is 1. The Balaban J connectivity index is 0.943. The molecule has 3 aromatic carbocycles. The van der Waals surface area contributed by atoms with Gasteiger partial charge in [0, 0.05) is 44.4 Å². The Hall–Kier alpha value is -4.92. The predicted octanol–water partition coefficient (Wildman–Crippen LogP) is 6.51. The normalized spacial score (nSPS) is 16.4. The van der Waals surface area contributed by atoms with Crippen molar-refractivity contribution in [1.29, 1.82) is 0 Å². The maximum atomic E-state index is 12.2. The number of para-hydroxylation sites is 2. The number of anilines is 6. The lowest BCUT2D eigenvalue weighted by Crippen LogP contribution is -2.42. The molecule has 0 aliphatic carbocycles. The highest BCUT2D eigenvalue weighted by molar-refractivity contribution is 7.92. The molecule has 1 unspecified atom stereocenters. The molecule has 0 spiro atoms. The van der Waals surface area contributed by atoms with Crippen LogP contribution in [0, 0.1) is 0 Å². The molecule has 15 heteroatoms. The van der Waals surface area contributed by atoms with Gasteiger partial charge in [-0.2, -0.15) is 4.98 Å². The Morgan fingerprint density at radius 3 is 2.45 bits per heavy atom. The van der Waals surface area contributed by atoms with Crippen molar-refractivity contribution in [3.8, 4) is 5.75 Å². The summed E-state index contributed by atoms with van der Waals surface area (Å²) in [6.45, 7) is 2.88. The molecule has 55 heavy (non-hydrogen) atoms. The van der Waals surface area contributed by atoms with Crippen LogP contribution in [0.2, 0.25) is 5.02 Å². The number of aryl methyl sites for hydroxylation is 1. The van der Waals surface area contributed by atoms with E-state index < -0.39 is 10.0 Å². The third kappa shape index (κ3) is 10.4. The minimum Gasteiger partial charge on any atom is -0.494 e. The number of unbranched alkanes of at least 4 members (excludes halogenated alkanes) is 2. The number of aromatic nitrogens is 2. The van der Waals surface area contributed by atoms with Crippen LogP contribution in [-0.2, 0) is 26.0 Å². The Morgan fingerprint density at radius 1 is 0.964 bits per heavy atom. The highest BCUT2D eigenvalue weighted by Gasteiger charge is 2.28. The zero-order chi connectivity index (χ0) is 39.0. The number of halogens is 1. The summed E-state index contributed by atoms with van der Waals surface area (Å²) in [6.07, 6.45) is 10.1. The quantitative estimate of drug-likeness (QED) is 0.0725. The molecular weight excluding hydrogens is 740 g/mol.